The fraction of sp³-hybridized carbons (Fsp3) is 0.300. The van der Waals surface area contributed by atoms with Crippen LogP contribution >= 0.6 is 0 Å². The molecule has 1 atom stereocenters. The number of aromatic hydroxyl groups is 1. The van der Waals surface area contributed by atoms with Crippen molar-refractivity contribution in [3.63, 3.8) is 0 Å². The number of benzene rings is 2. The van der Waals surface area contributed by atoms with Crippen LogP contribution in [0.3, 0.4) is 0 Å². The Hall–Kier alpha value is -2.70. The summed E-state index contributed by atoms with van der Waals surface area (Å²) in [5.74, 6) is -0.303. The number of nitrogens with one attached hydrogen (secondary N) is 1. The van der Waals surface area contributed by atoms with Crippen molar-refractivity contribution in [2.24, 2.45) is 5.10 Å². The van der Waals surface area contributed by atoms with Crippen molar-refractivity contribution < 1.29 is 14.6 Å². The van der Waals surface area contributed by atoms with Gasteiger partial charge in [0.05, 0.1) is 25.0 Å². The number of morpholine rings is 1. The van der Waals surface area contributed by atoms with Gasteiger partial charge in [0.2, 0.25) is 0 Å². The summed E-state index contributed by atoms with van der Waals surface area (Å²) >= 11 is 0. The molecule has 0 aromatic heterocycles. The number of hydrazone groups is 1. The van der Waals surface area contributed by atoms with E-state index in [1.165, 1.54) is 12.1 Å². The molecule has 3 rings (SSSR count). The maximum atomic E-state index is 12.3. The number of hydrogen-bond acceptors (Lipinski definition) is 5. The number of phenolic OH excluding ortho intramolecular Hbond substituents is 1. The van der Waals surface area contributed by atoms with E-state index in [0.717, 1.165) is 24.4 Å². The van der Waals surface area contributed by atoms with Crippen molar-refractivity contribution in [3.05, 3.63) is 65.7 Å². The molecule has 1 fully saturated rings. The largest absolute Gasteiger partial charge is 0.508 e. The SMILES string of the molecule is C/C(=N/NC(=O)c1cccc(O)c1)[C@@H](c1ccccc1)N1CCOCC1. The molecule has 2 N–H and O–H groups in total. The highest BCUT2D eigenvalue weighted by atomic mass is 16.5. The molecule has 1 aliphatic heterocycles. The first-order chi connectivity index (χ1) is 12.6. The van der Waals surface area contributed by atoms with Crippen LogP contribution in [0.2, 0.25) is 0 Å². The highest BCUT2D eigenvalue weighted by Crippen LogP contribution is 2.23. The predicted octanol–water partition coefficient (Wildman–Crippen LogP) is 2.57. The van der Waals surface area contributed by atoms with E-state index >= 15 is 0 Å². The zero-order chi connectivity index (χ0) is 18.4. The first kappa shape index (κ1) is 18.1. The number of carbonyl (C=O) groups excluding carboxylic acids is 1. The summed E-state index contributed by atoms with van der Waals surface area (Å²) in [6, 6.07) is 16.3. The second-order valence-electron chi connectivity index (χ2n) is 6.21. The summed E-state index contributed by atoms with van der Waals surface area (Å²) in [5.41, 5.74) is 4.89. The Morgan fingerprint density at radius 2 is 1.88 bits per heavy atom. The van der Waals surface area contributed by atoms with Gasteiger partial charge in [0, 0.05) is 18.7 Å². The van der Waals surface area contributed by atoms with Gasteiger partial charge in [-0.3, -0.25) is 9.69 Å². The Morgan fingerprint density at radius 3 is 2.58 bits per heavy atom. The quantitative estimate of drug-likeness (QED) is 0.640. The topological polar surface area (TPSA) is 74.2 Å². The van der Waals surface area contributed by atoms with Gasteiger partial charge in [0.1, 0.15) is 5.75 Å². The van der Waals surface area contributed by atoms with Crippen LogP contribution in [0.4, 0.5) is 0 Å². The van der Waals surface area contributed by atoms with Crippen LogP contribution in [0.15, 0.2) is 59.7 Å². The van der Waals surface area contributed by atoms with Crippen LogP contribution in [0.1, 0.15) is 28.9 Å². The molecular weight excluding hydrogens is 330 g/mol. The summed E-state index contributed by atoms with van der Waals surface area (Å²) in [6.07, 6.45) is 0. The minimum Gasteiger partial charge on any atom is -0.508 e. The van der Waals surface area contributed by atoms with Crippen LogP contribution in [0, 0.1) is 0 Å². The number of nitrogens with zero attached hydrogens (tertiary/aromatic N) is 2. The Morgan fingerprint density at radius 1 is 1.15 bits per heavy atom. The van der Waals surface area contributed by atoms with Crippen molar-refractivity contribution in [1.82, 2.24) is 10.3 Å². The van der Waals surface area contributed by atoms with Crippen molar-refractivity contribution in [3.8, 4) is 5.75 Å². The van der Waals surface area contributed by atoms with Crippen LogP contribution in [0.5, 0.6) is 5.75 Å². The molecule has 0 spiro atoms. The smallest absolute Gasteiger partial charge is 0.271 e. The second kappa shape index (κ2) is 8.60. The van der Waals surface area contributed by atoms with E-state index in [-0.39, 0.29) is 17.7 Å². The van der Waals surface area contributed by atoms with E-state index in [1.807, 2.05) is 25.1 Å². The molecule has 2 aromatic rings. The Balaban J connectivity index is 1.79. The number of rotatable bonds is 5. The first-order valence-corrected chi connectivity index (χ1v) is 8.65. The summed E-state index contributed by atoms with van der Waals surface area (Å²) in [7, 11) is 0. The van der Waals surface area contributed by atoms with Crippen LogP contribution in [-0.2, 0) is 4.74 Å². The molecule has 136 valence electrons. The predicted molar refractivity (Wildman–Crippen MR) is 100 cm³/mol. The molecule has 1 saturated heterocycles. The third-order valence-electron chi connectivity index (χ3n) is 4.36. The lowest BCUT2D eigenvalue weighted by molar-refractivity contribution is 0.0285. The summed E-state index contributed by atoms with van der Waals surface area (Å²) < 4.78 is 5.46. The molecule has 1 heterocycles. The van der Waals surface area contributed by atoms with Crippen molar-refractivity contribution in [2.75, 3.05) is 26.3 Å². The lowest BCUT2D eigenvalue weighted by atomic mass is 10.0. The number of phenols is 1. The number of carbonyl (C=O) groups is 1. The minimum atomic E-state index is -0.353. The molecule has 1 aliphatic rings. The molecule has 26 heavy (non-hydrogen) atoms. The van der Waals surface area contributed by atoms with Gasteiger partial charge in [-0.2, -0.15) is 5.10 Å². The van der Waals surface area contributed by atoms with Gasteiger partial charge in [-0.1, -0.05) is 36.4 Å². The maximum absolute atomic E-state index is 12.3. The average Bonchev–Trinajstić information content (AvgIpc) is 2.68. The van der Waals surface area contributed by atoms with E-state index in [0.29, 0.717) is 18.8 Å². The molecule has 0 saturated carbocycles. The summed E-state index contributed by atoms with van der Waals surface area (Å²) in [6.45, 7) is 4.91. The highest BCUT2D eigenvalue weighted by Gasteiger charge is 2.25. The van der Waals surface area contributed by atoms with Crippen molar-refractivity contribution >= 4 is 11.6 Å². The van der Waals surface area contributed by atoms with Crippen LogP contribution in [0.25, 0.3) is 0 Å². The molecular formula is C20H23N3O3. The van der Waals surface area contributed by atoms with E-state index in [2.05, 4.69) is 27.6 Å². The monoisotopic (exact) mass is 353 g/mol. The van der Waals surface area contributed by atoms with Crippen LogP contribution in [-0.4, -0.2) is 47.9 Å². The summed E-state index contributed by atoms with van der Waals surface area (Å²) in [4.78, 5) is 14.6. The van der Waals surface area contributed by atoms with E-state index < -0.39 is 0 Å². The zero-order valence-electron chi connectivity index (χ0n) is 14.8. The van der Waals surface area contributed by atoms with Gasteiger partial charge < -0.3 is 9.84 Å². The average molecular weight is 353 g/mol. The Kier molecular flexibility index (Phi) is 5.99. The number of ether oxygens (including phenoxy) is 1. The molecule has 6 nitrogen and oxygen atoms in total. The Bertz CT molecular complexity index is 771. The molecule has 0 unspecified atom stereocenters. The normalized spacial score (nSPS) is 16.9. The minimum absolute atomic E-state index is 0.0235. The van der Waals surface area contributed by atoms with Crippen molar-refractivity contribution in [1.29, 1.82) is 0 Å². The maximum Gasteiger partial charge on any atom is 0.271 e. The van der Waals surface area contributed by atoms with Gasteiger partial charge in [-0.15, -0.1) is 0 Å². The van der Waals surface area contributed by atoms with E-state index in [9.17, 15) is 9.90 Å². The lowest BCUT2D eigenvalue weighted by Gasteiger charge is -2.34. The molecule has 0 bridgehead atoms. The third kappa shape index (κ3) is 4.47. The first-order valence-electron chi connectivity index (χ1n) is 8.65. The van der Waals surface area contributed by atoms with Gasteiger partial charge >= 0.3 is 0 Å². The number of hydrogen-bond donors (Lipinski definition) is 2. The van der Waals surface area contributed by atoms with Crippen molar-refractivity contribution in [2.45, 2.75) is 13.0 Å². The molecule has 0 aliphatic carbocycles. The van der Waals surface area contributed by atoms with Gasteiger partial charge in [0.15, 0.2) is 0 Å². The standard InChI is InChI=1S/C20H23N3O3/c1-15(21-22-20(25)17-8-5-9-18(24)14-17)19(16-6-3-2-4-7-16)23-10-12-26-13-11-23/h2-9,14,19,24H,10-13H2,1H3,(H,22,25)/b21-15-/t19-/m0/s1. The summed E-state index contributed by atoms with van der Waals surface area (Å²) in [5, 5.41) is 13.8. The molecule has 1 amide bonds. The lowest BCUT2D eigenvalue weighted by Crippen LogP contribution is -2.42. The molecule has 0 radical (unpaired) electrons. The molecule has 6 heteroatoms. The van der Waals surface area contributed by atoms with Crippen LogP contribution < -0.4 is 5.43 Å². The third-order valence-corrected chi connectivity index (χ3v) is 4.36. The zero-order valence-corrected chi connectivity index (χ0v) is 14.8. The highest BCUT2D eigenvalue weighted by molar-refractivity contribution is 5.96. The second-order valence-corrected chi connectivity index (χ2v) is 6.21. The van der Waals surface area contributed by atoms with Gasteiger partial charge in [-0.05, 0) is 30.7 Å². The Labute approximate surface area is 153 Å². The fourth-order valence-electron chi connectivity index (χ4n) is 3.10. The van der Waals surface area contributed by atoms with E-state index in [4.69, 9.17) is 4.74 Å². The number of amides is 1. The van der Waals surface area contributed by atoms with E-state index in [1.54, 1.807) is 12.1 Å². The van der Waals surface area contributed by atoms with Gasteiger partial charge in [-0.25, -0.2) is 5.43 Å². The molecule has 2 aromatic carbocycles. The van der Waals surface area contributed by atoms with Gasteiger partial charge in [0.25, 0.3) is 5.91 Å². The fourth-order valence-corrected chi connectivity index (χ4v) is 3.10.